The van der Waals surface area contributed by atoms with Crippen LogP contribution in [0.25, 0.3) is 0 Å². The molecule has 0 amide bonds. The van der Waals surface area contributed by atoms with Gasteiger partial charge in [0.1, 0.15) is 17.6 Å². The first-order valence-electron chi connectivity index (χ1n) is 11.4. The summed E-state index contributed by atoms with van der Waals surface area (Å²) in [4.78, 5) is 41.5. The van der Waals surface area contributed by atoms with Crippen molar-refractivity contribution < 1.29 is 9.53 Å². The summed E-state index contributed by atoms with van der Waals surface area (Å²) in [7, 11) is 3.59. The summed E-state index contributed by atoms with van der Waals surface area (Å²) >= 11 is 3.40. The second-order valence-corrected chi connectivity index (χ2v) is 9.10. The molecule has 0 radical (unpaired) electrons. The Morgan fingerprint density at radius 3 is 2.19 bits per heavy atom. The smallest absolute Gasteiger partial charge is 0.329 e. The number of nitrogens with zero attached hydrogens (tertiary/aromatic N) is 3. The van der Waals surface area contributed by atoms with E-state index in [0.29, 0.717) is 17.7 Å². The van der Waals surface area contributed by atoms with Crippen molar-refractivity contribution in [2.75, 3.05) is 35.4 Å². The predicted octanol–water partition coefficient (Wildman–Crippen LogP) is 3.51. The molecule has 0 bridgehead atoms. The summed E-state index contributed by atoms with van der Waals surface area (Å²) in [5, 5.41) is 0.707. The minimum Gasteiger partial charge on any atom is -0.462 e. The Kier molecular flexibility index (Phi) is 10.6. The number of rotatable bonds is 14. The summed E-state index contributed by atoms with van der Waals surface area (Å²) < 4.78 is 6.77. The molecular formula is C22H37BrN4O4. The third-order valence-electron chi connectivity index (χ3n) is 5.79. The van der Waals surface area contributed by atoms with E-state index in [4.69, 9.17) is 4.74 Å². The van der Waals surface area contributed by atoms with E-state index in [1.807, 2.05) is 11.9 Å². The number of H-pyrrole nitrogens is 1. The molecule has 1 atom stereocenters. The molecule has 0 spiro atoms. The highest BCUT2D eigenvalue weighted by Crippen LogP contribution is 2.29. The number of carbonyl (C=O) groups excluding carboxylic acids is 1. The predicted molar refractivity (Wildman–Crippen MR) is 128 cm³/mol. The molecular weight excluding hydrogens is 464 g/mol. The first kappa shape index (κ1) is 25.5. The van der Waals surface area contributed by atoms with Crippen molar-refractivity contribution in [1.29, 1.82) is 0 Å². The lowest BCUT2D eigenvalue weighted by atomic mass is 10.1. The fourth-order valence-electron chi connectivity index (χ4n) is 4.19. The van der Waals surface area contributed by atoms with Crippen LogP contribution < -0.4 is 21.0 Å². The molecule has 1 aliphatic rings. The molecule has 1 aromatic rings. The zero-order chi connectivity index (χ0) is 22.8. The molecule has 176 valence electrons. The second kappa shape index (κ2) is 12.9. The van der Waals surface area contributed by atoms with Crippen molar-refractivity contribution in [3.05, 3.63) is 20.8 Å². The molecule has 1 unspecified atom stereocenters. The third-order valence-corrected chi connectivity index (χ3v) is 6.51. The van der Waals surface area contributed by atoms with Crippen LogP contribution in [0.3, 0.4) is 0 Å². The number of aromatic nitrogens is 2. The van der Waals surface area contributed by atoms with Crippen LogP contribution in [-0.4, -0.2) is 47.2 Å². The molecule has 9 heteroatoms. The van der Waals surface area contributed by atoms with Gasteiger partial charge in [-0.25, -0.2) is 4.79 Å². The van der Waals surface area contributed by atoms with Gasteiger partial charge < -0.3 is 14.5 Å². The second-order valence-electron chi connectivity index (χ2n) is 8.45. The van der Waals surface area contributed by atoms with E-state index in [2.05, 4.69) is 25.8 Å². The molecule has 2 rings (SSSR count). The number of aromatic amines is 1. The van der Waals surface area contributed by atoms with Crippen LogP contribution in [0.15, 0.2) is 9.59 Å². The van der Waals surface area contributed by atoms with E-state index >= 15 is 0 Å². The normalized spacial score (nSPS) is 14.1. The molecule has 1 aromatic heterocycles. The lowest BCUT2D eigenvalue weighted by Gasteiger charge is -2.20. The summed E-state index contributed by atoms with van der Waals surface area (Å²) in [6.45, 7) is 2.95. The SMILES string of the molecule is CC(=O)OC(CBr)CCCCCCCCCCCN1CN(C)c2c1n(C)c(=O)[nH]c2=O. The molecule has 0 aliphatic carbocycles. The highest BCUT2D eigenvalue weighted by molar-refractivity contribution is 9.09. The van der Waals surface area contributed by atoms with Gasteiger partial charge in [-0.05, 0) is 19.3 Å². The first-order chi connectivity index (χ1) is 14.8. The summed E-state index contributed by atoms with van der Waals surface area (Å²) in [5.74, 6) is 0.523. The van der Waals surface area contributed by atoms with Crippen molar-refractivity contribution in [2.45, 2.75) is 77.2 Å². The van der Waals surface area contributed by atoms with Gasteiger partial charge in [0.15, 0.2) is 0 Å². The minimum absolute atomic E-state index is 0.000591. The number of carbonyl (C=O) groups is 1. The Labute approximate surface area is 193 Å². The number of esters is 1. The van der Waals surface area contributed by atoms with Crippen LogP contribution in [0.2, 0.25) is 0 Å². The molecule has 0 saturated carbocycles. The van der Waals surface area contributed by atoms with Crippen molar-refractivity contribution in [3.63, 3.8) is 0 Å². The van der Waals surface area contributed by atoms with Gasteiger partial charge in [0.2, 0.25) is 0 Å². The Hall–Kier alpha value is -1.77. The van der Waals surface area contributed by atoms with Gasteiger partial charge in [-0.15, -0.1) is 0 Å². The average molecular weight is 501 g/mol. The van der Waals surface area contributed by atoms with E-state index in [9.17, 15) is 14.4 Å². The molecule has 0 saturated heterocycles. The maximum atomic E-state index is 12.1. The van der Waals surface area contributed by atoms with E-state index in [1.54, 1.807) is 7.05 Å². The minimum atomic E-state index is -0.363. The lowest BCUT2D eigenvalue weighted by molar-refractivity contribution is -0.145. The number of ether oxygens (including phenoxy) is 1. The fourth-order valence-corrected chi connectivity index (χ4v) is 4.64. The van der Waals surface area contributed by atoms with Crippen LogP contribution in [0.5, 0.6) is 0 Å². The van der Waals surface area contributed by atoms with Crippen molar-refractivity contribution in [3.8, 4) is 0 Å². The number of anilines is 2. The van der Waals surface area contributed by atoms with Crippen LogP contribution in [0.4, 0.5) is 11.5 Å². The van der Waals surface area contributed by atoms with Crippen LogP contribution in [-0.2, 0) is 16.6 Å². The van der Waals surface area contributed by atoms with Crippen molar-refractivity contribution >= 4 is 33.4 Å². The van der Waals surface area contributed by atoms with Gasteiger partial charge in [0.05, 0.1) is 6.67 Å². The molecule has 31 heavy (non-hydrogen) atoms. The number of hydrogen-bond donors (Lipinski definition) is 1. The highest BCUT2D eigenvalue weighted by atomic mass is 79.9. The van der Waals surface area contributed by atoms with E-state index in [-0.39, 0.29) is 23.3 Å². The van der Waals surface area contributed by atoms with Gasteiger partial charge in [-0.3, -0.25) is 19.1 Å². The number of fused-ring (bicyclic) bond motifs is 1. The Bertz CT molecular complexity index is 823. The van der Waals surface area contributed by atoms with Crippen molar-refractivity contribution in [2.24, 2.45) is 7.05 Å². The molecule has 1 N–H and O–H groups in total. The zero-order valence-corrected chi connectivity index (χ0v) is 20.7. The van der Waals surface area contributed by atoms with Crippen LogP contribution in [0, 0.1) is 0 Å². The van der Waals surface area contributed by atoms with E-state index in [1.165, 1.54) is 50.0 Å². The average Bonchev–Trinajstić information content (AvgIpc) is 3.05. The van der Waals surface area contributed by atoms with E-state index < -0.39 is 0 Å². The van der Waals surface area contributed by atoms with Crippen molar-refractivity contribution in [1.82, 2.24) is 9.55 Å². The topological polar surface area (TPSA) is 87.6 Å². The Balaban J connectivity index is 1.55. The molecule has 2 heterocycles. The number of halogens is 1. The van der Waals surface area contributed by atoms with Gasteiger partial charge in [0, 0.05) is 32.9 Å². The number of nitrogens with one attached hydrogen (secondary N) is 1. The highest BCUT2D eigenvalue weighted by Gasteiger charge is 2.28. The molecule has 0 fully saturated rings. The maximum absolute atomic E-state index is 12.1. The lowest BCUT2D eigenvalue weighted by Crippen LogP contribution is -2.32. The van der Waals surface area contributed by atoms with Crippen LogP contribution in [0.1, 0.15) is 71.1 Å². The Morgan fingerprint density at radius 2 is 1.61 bits per heavy atom. The van der Waals surface area contributed by atoms with E-state index in [0.717, 1.165) is 38.0 Å². The number of unbranched alkanes of at least 4 members (excludes halogenated alkanes) is 8. The zero-order valence-electron chi connectivity index (χ0n) is 19.1. The maximum Gasteiger partial charge on any atom is 0.329 e. The monoisotopic (exact) mass is 500 g/mol. The third kappa shape index (κ3) is 7.70. The van der Waals surface area contributed by atoms with Gasteiger partial charge in [0.25, 0.3) is 5.56 Å². The number of alkyl halides is 1. The van der Waals surface area contributed by atoms with Gasteiger partial charge >= 0.3 is 11.7 Å². The Morgan fingerprint density at radius 1 is 1.03 bits per heavy atom. The molecule has 1 aliphatic heterocycles. The van der Waals surface area contributed by atoms with Gasteiger partial charge in [-0.2, -0.15) is 0 Å². The number of hydrogen-bond acceptors (Lipinski definition) is 6. The molecule has 0 aromatic carbocycles. The summed E-state index contributed by atoms with van der Waals surface area (Å²) in [6.07, 6.45) is 11.6. The van der Waals surface area contributed by atoms with Gasteiger partial charge in [-0.1, -0.05) is 60.9 Å². The standard InChI is InChI=1S/C22H37BrN4O4/c1-17(28)31-18(15-23)13-11-9-7-5-4-6-8-10-12-14-27-16-25(2)19-20(29)24-22(30)26(3)21(19)27/h18H,4-16H2,1-3H3,(H,24,29,30). The molecule has 8 nitrogen and oxygen atoms in total. The first-order valence-corrected chi connectivity index (χ1v) is 12.5. The largest absolute Gasteiger partial charge is 0.462 e. The fraction of sp³-hybridized carbons (Fsp3) is 0.773. The summed E-state index contributed by atoms with van der Waals surface area (Å²) in [6, 6.07) is 0. The van der Waals surface area contributed by atoms with Crippen LogP contribution >= 0.6 is 15.9 Å². The summed E-state index contributed by atoms with van der Waals surface area (Å²) in [5.41, 5.74) is -0.0900. The quantitative estimate of drug-likeness (QED) is 0.239.